The van der Waals surface area contributed by atoms with Crippen LogP contribution < -0.4 is 5.73 Å². The van der Waals surface area contributed by atoms with Crippen molar-refractivity contribution in [2.45, 2.75) is 25.9 Å². The first kappa shape index (κ1) is 10.6. The van der Waals surface area contributed by atoms with Gasteiger partial charge in [0, 0.05) is 18.5 Å². The van der Waals surface area contributed by atoms with Crippen molar-refractivity contribution >= 4 is 11.6 Å². The zero-order valence-corrected chi connectivity index (χ0v) is 8.51. The van der Waals surface area contributed by atoms with Gasteiger partial charge in [0.2, 0.25) is 0 Å². The quantitative estimate of drug-likeness (QED) is 0.791. The van der Waals surface area contributed by atoms with Crippen molar-refractivity contribution in [3.63, 3.8) is 0 Å². The van der Waals surface area contributed by atoms with E-state index in [9.17, 15) is 5.11 Å². The molecule has 1 heterocycles. The maximum atomic E-state index is 9.37. The first-order valence-corrected chi connectivity index (χ1v) is 4.61. The molecule has 0 amide bonds. The Morgan fingerprint density at radius 2 is 2.23 bits per heavy atom. The lowest BCUT2D eigenvalue weighted by molar-refractivity contribution is 0.155. The zero-order chi connectivity index (χ0) is 10.0. The van der Waals surface area contributed by atoms with Crippen LogP contribution in [0.3, 0.4) is 0 Å². The van der Waals surface area contributed by atoms with Crippen LogP contribution in [0.1, 0.15) is 37.4 Å². The van der Waals surface area contributed by atoms with Crippen molar-refractivity contribution in [2.75, 3.05) is 6.54 Å². The van der Waals surface area contributed by atoms with Gasteiger partial charge in [-0.25, -0.2) is 0 Å². The van der Waals surface area contributed by atoms with E-state index >= 15 is 0 Å². The van der Waals surface area contributed by atoms with Gasteiger partial charge in [0.15, 0.2) is 0 Å². The van der Waals surface area contributed by atoms with Gasteiger partial charge in [-0.05, 0) is 0 Å². The van der Waals surface area contributed by atoms with E-state index in [1.165, 1.54) is 0 Å². The van der Waals surface area contributed by atoms with Gasteiger partial charge in [0.25, 0.3) is 0 Å². The Morgan fingerprint density at radius 1 is 1.62 bits per heavy atom. The van der Waals surface area contributed by atoms with Crippen LogP contribution in [0.4, 0.5) is 0 Å². The normalized spacial score (nSPS) is 13.7. The highest BCUT2D eigenvalue weighted by Crippen LogP contribution is 2.30. The van der Waals surface area contributed by atoms with Crippen LogP contribution in [0.2, 0.25) is 5.02 Å². The van der Waals surface area contributed by atoms with Crippen molar-refractivity contribution in [3.05, 3.63) is 22.6 Å². The molecule has 0 spiro atoms. The van der Waals surface area contributed by atoms with E-state index < -0.39 is 6.10 Å². The molecule has 13 heavy (non-hydrogen) atoms. The molecular formula is C9H14ClNO2. The molecule has 0 saturated heterocycles. The second-order valence-electron chi connectivity index (χ2n) is 3.27. The zero-order valence-electron chi connectivity index (χ0n) is 7.75. The summed E-state index contributed by atoms with van der Waals surface area (Å²) in [6.45, 7) is 4.09. The first-order chi connectivity index (χ1) is 6.06. The Bertz CT molecular complexity index is 283. The van der Waals surface area contributed by atoms with Gasteiger partial charge in [0.05, 0.1) is 5.02 Å². The SMILES string of the molecule is CC(C)c1oc(C(O)CN)cc1Cl. The Balaban J connectivity index is 2.95. The van der Waals surface area contributed by atoms with Gasteiger partial charge in [0.1, 0.15) is 17.6 Å². The molecule has 0 saturated carbocycles. The third kappa shape index (κ3) is 2.24. The summed E-state index contributed by atoms with van der Waals surface area (Å²) in [5, 5.41) is 9.92. The van der Waals surface area contributed by atoms with E-state index in [1.807, 2.05) is 13.8 Å². The van der Waals surface area contributed by atoms with E-state index in [-0.39, 0.29) is 12.5 Å². The van der Waals surface area contributed by atoms with Crippen LogP contribution >= 0.6 is 11.6 Å². The molecule has 1 unspecified atom stereocenters. The largest absolute Gasteiger partial charge is 0.461 e. The molecule has 3 nitrogen and oxygen atoms in total. The minimum absolute atomic E-state index is 0.140. The number of furan rings is 1. The van der Waals surface area contributed by atoms with E-state index in [2.05, 4.69) is 0 Å². The van der Waals surface area contributed by atoms with Crippen molar-refractivity contribution in [2.24, 2.45) is 5.73 Å². The van der Waals surface area contributed by atoms with E-state index in [0.29, 0.717) is 16.5 Å². The predicted molar refractivity (Wildman–Crippen MR) is 51.8 cm³/mol. The molecule has 0 aliphatic rings. The molecule has 1 aromatic heterocycles. The highest BCUT2D eigenvalue weighted by molar-refractivity contribution is 6.31. The Kier molecular flexibility index (Phi) is 3.36. The van der Waals surface area contributed by atoms with Gasteiger partial charge >= 0.3 is 0 Å². The summed E-state index contributed by atoms with van der Waals surface area (Å²) in [6, 6.07) is 1.62. The van der Waals surface area contributed by atoms with Crippen LogP contribution in [-0.2, 0) is 0 Å². The van der Waals surface area contributed by atoms with Gasteiger partial charge in [-0.1, -0.05) is 25.4 Å². The van der Waals surface area contributed by atoms with Crippen LogP contribution in [0, 0.1) is 0 Å². The number of halogens is 1. The van der Waals surface area contributed by atoms with Gasteiger partial charge < -0.3 is 15.3 Å². The maximum absolute atomic E-state index is 9.37. The molecule has 0 bridgehead atoms. The molecule has 1 atom stereocenters. The van der Waals surface area contributed by atoms with E-state index in [0.717, 1.165) is 0 Å². The summed E-state index contributed by atoms with van der Waals surface area (Å²) in [7, 11) is 0. The number of nitrogens with two attached hydrogens (primary N) is 1. The average Bonchev–Trinajstić information content (AvgIpc) is 2.46. The second kappa shape index (κ2) is 4.13. The van der Waals surface area contributed by atoms with Crippen LogP contribution in [-0.4, -0.2) is 11.7 Å². The number of aliphatic hydroxyl groups is 1. The maximum Gasteiger partial charge on any atom is 0.135 e. The summed E-state index contributed by atoms with van der Waals surface area (Å²) < 4.78 is 5.37. The minimum atomic E-state index is -0.759. The summed E-state index contributed by atoms with van der Waals surface area (Å²) >= 11 is 5.90. The molecular weight excluding hydrogens is 190 g/mol. The summed E-state index contributed by atoms with van der Waals surface area (Å²) in [4.78, 5) is 0. The molecule has 0 aliphatic carbocycles. The molecule has 1 rings (SSSR count). The third-order valence-corrected chi connectivity index (χ3v) is 2.10. The lowest BCUT2D eigenvalue weighted by Gasteiger charge is -2.03. The molecule has 74 valence electrons. The van der Waals surface area contributed by atoms with Gasteiger partial charge in [-0.15, -0.1) is 0 Å². The van der Waals surface area contributed by atoms with Gasteiger partial charge in [-0.3, -0.25) is 0 Å². The van der Waals surface area contributed by atoms with Crippen molar-refractivity contribution in [1.82, 2.24) is 0 Å². The molecule has 0 aromatic carbocycles. The lowest BCUT2D eigenvalue weighted by Crippen LogP contribution is -2.10. The summed E-state index contributed by atoms with van der Waals surface area (Å²) in [5.41, 5.74) is 5.29. The Labute approximate surface area is 82.5 Å². The second-order valence-corrected chi connectivity index (χ2v) is 3.67. The van der Waals surface area contributed by atoms with Crippen molar-refractivity contribution in [1.29, 1.82) is 0 Å². The third-order valence-electron chi connectivity index (χ3n) is 1.81. The van der Waals surface area contributed by atoms with Crippen LogP contribution in [0.25, 0.3) is 0 Å². The minimum Gasteiger partial charge on any atom is -0.461 e. The topological polar surface area (TPSA) is 59.4 Å². The van der Waals surface area contributed by atoms with E-state index in [1.54, 1.807) is 6.07 Å². The highest BCUT2D eigenvalue weighted by atomic mass is 35.5. The monoisotopic (exact) mass is 203 g/mol. The van der Waals surface area contributed by atoms with Crippen LogP contribution in [0.15, 0.2) is 10.5 Å². The van der Waals surface area contributed by atoms with Gasteiger partial charge in [-0.2, -0.15) is 0 Å². The highest BCUT2D eigenvalue weighted by Gasteiger charge is 2.16. The standard InChI is InChI=1S/C9H14ClNO2/c1-5(2)9-6(10)3-8(13-9)7(12)4-11/h3,5,7,12H,4,11H2,1-2H3. The van der Waals surface area contributed by atoms with Crippen molar-refractivity contribution < 1.29 is 9.52 Å². The lowest BCUT2D eigenvalue weighted by atomic mass is 10.2. The number of rotatable bonds is 3. The summed E-state index contributed by atoms with van der Waals surface area (Å²) in [6.07, 6.45) is -0.759. The fraction of sp³-hybridized carbons (Fsp3) is 0.556. The molecule has 0 fully saturated rings. The predicted octanol–water partition coefficient (Wildman–Crippen LogP) is 2.05. The van der Waals surface area contributed by atoms with Crippen LogP contribution in [0.5, 0.6) is 0 Å². The number of hydrogen-bond donors (Lipinski definition) is 2. The summed E-state index contributed by atoms with van der Waals surface area (Å²) in [5.74, 6) is 1.35. The Morgan fingerprint density at radius 3 is 2.62 bits per heavy atom. The molecule has 0 radical (unpaired) electrons. The number of aliphatic hydroxyl groups excluding tert-OH is 1. The molecule has 1 aromatic rings. The average molecular weight is 204 g/mol. The molecule has 4 heteroatoms. The smallest absolute Gasteiger partial charge is 0.135 e. The molecule has 0 aliphatic heterocycles. The Hall–Kier alpha value is -0.510. The first-order valence-electron chi connectivity index (χ1n) is 4.23. The fourth-order valence-corrected chi connectivity index (χ4v) is 1.44. The van der Waals surface area contributed by atoms with E-state index in [4.69, 9.17) is 21.8 Å². The number of hydrogen-bond acceptors (Lipinski definition) is 3. The van der Waals surface area contributed by atoms with Crippen molar-refractivity contribution in [3.8, 4) is 0 Å². The molecule has 3 N–H and O–H groups in total. The fourth-order valence-electron chi connectivity index (χ4n) is 1.08.